The largest absolute Gasteiger partial charge is 0.465 e. The van der Waals surface area contributed by atoms with Gasteiger partial charge in [0.1, 0.15) is 0 Å². The van der Waals surface area contributed by atoms with Gasteiger partial charge in [-0.1, -0.05) is 15.9 Å². The van der Waals surface area contributed by atoms with Gasteiger partial charge in [0.25, 0.3) is 0 Å². The van der Waals surface area contributed by atoms with Crippen molar-refractivity contribution in [2.75, 3.05) is 31.6 Å². The maximum absolute atomic E-state index is 12.1. The number of piperidine rings is 1. The molecule has 0 spiro atoms. The van der Waals surface area contributed by atoms with E-state index in [9.17, 15) is 4.79 Å². The van der Waals surface area contributed by atoms with Crippen LogP contribution in [-0.4, -0.2) is 38.3 Å². The first kappa shape index (κ1) is 18.3. The Hall–Kier alpha value is -1.07. The standard InChI is InChI=1S/C18H27BrN2O2/c1-18(2,3)20-11-13-6-5-9-21(12-13)16-8-7-14(19)10-15(16)17(22)23-4/h7-8,10,13,20H,5-6,9,11-12H2,1-4H3/t13-/m1/s1. The second-order valence-electron chi connectivity index (χ2n) is 7.24. The molecule has 2 rings (SSSR count). The minimum absolute atomic E-state index is 0.136. The first-order valence-corrected chi connectivity index (χ1v) is 8.97. The number of methoxy groups -OCH3 is 1. The topological polar surface area (TPSA) is 41.6 Å². The molecule has 1 aromatic carbocycles. The molecule has 0 unspecified atom stereocenters. The number of hydrogen-bond acceptors (Lipinski definition) is 4. The van der Waals surface area contributed by atoms with Gasteiger partial charge in [-0.05, 0) is 57.7 Å². The van der Waals surface area contributed by atoms with E-state index >= 15 is 0 Å². The Kier molecular flexibility index (Phi) is 6.09. The normalized spacial score (nSPS) is 18.8. The highest BCUT2D eigenvalue weighted by molar-refractivity contribution is 9.10. The van der Waals surface area contributed by atoms with E-state index in [4.69, 9.17) is 4.74 Å². The average Bonchev–Trinajstić information content (AvgIpc) is 2.51. The van der Waals surface area contributed by atoms with Crippen molar-refractivity contribution in [2.24, 2.45) is 5.92 Å². The molecule has 1 N–H and O–H groups in total. The van der Waals surface area contributed by atoms with Crippen LogP contribution in [0.5, 0.6) is 0 Å². The molecular formula is C18H27BrN2O2. The van der Waals surface area contributed by atoms with E-state index in [0.29, 0.717) is 11.5 Å². The van der Waals surface area contributed by atoms with Crippen molar-refractivity contribution in [3.63, 3.8) is 0 Å². The summed E-state index contributed by atoms with van der Waals surface area (Å²) in [5.74, 6) is 0.313. The van der Waals surface area contributed by atoms with Gasteiger partial charge in [0.05, 0.1) is 18.4 Å². The number of anilines is 1. The third-order valence-corrected chi connectivity index (χ3v) is 4.64. The van der Waals surface area contributed by atoms with Crippen molar-refractivity contribution >= 4 is 27.6 Å². The maximum atomic E-state index is 12.1. The lowest BCUT2D eigenvalue weighted by molar-refractivity contribution is 0.0601. The second-order valence-corrected chi connectivity index (χ2v) is 8.15. The lowest BCUT2D eigenvalue weighted by Gasteiger charge is -2.36. The van der Waals surface area contributed by atoms with E-state index in [2.05, 4.69) is 46.9 Å². The Bertz CT molecular complexity index is 554. The number of nitrogens with zero attached hydrogens (tertiary/aromatic N) is 1. The Morgan fingerprint density at radius 2 is 2.17 bits per heavy atom. The number of ether oxygens (including phenoxy) is 1. The molecule has 1 heterocycles. The molecule has 0 radical (unpaired) electrons. The number of halogens is 1. The van der Waals surface area contributed by atoms with Crippen LogP contribution in [0.25, 0.3) is 0 Å². The predicted molar refractivity (Wildman–Crippen MR) is 98.2 cm³/mol. The lowest BCUT2D eigenvalue weighted by Crippen LogP contribution is -2.45. The SMILES string of the molecule is COC(=O)c1cc(Br)ccc1N1CCC[C@H](CNC(C)(C)C)C1. The summed E-state index contributed by atoms with van der Waals surface area (Å²) in [4.78, 5) is 14.4. The maximum Gasteiger partial charge on any atom is 0.340 e. The first-order chi connectivity index (χ1) is 10.8. The minimum Gasteiger partial charge on any atom is -0.465 e. The molecule has 1 aliphatic rings. The summed E-state index contributed by atoms with van der Waals surface area (Å²) in [5.41, 5.74) is 1.74. The van der Waals surface area contributed by atoms with Gasteiger partial charge >= 0.3 is 5.97 Å². The highest BCUT2D eigenvalue weighted by atomic mass is 79.9. The summed E-state index contributed by atoms with van der Waals surface area (Å²) in [6.45, 7) is 9.53. The zero-order valence-electron chi connectivity index (χ0n) is 14.5. The quantitative estimate of drug-likeness (QED) is 0.803. The summed E-state index contributed by atoms with van der Waals surface area (Å²) in [6.07, 6.45) is 2.37. The van der Waals surface area contributed by atoms with Gasteiger partial charge in [-0.15, -0.1) is 0 Å². The van der Waals surface area contributed by atoms with Gasteiger partial charge in [0, 0.05) is 29.6 Å². The van der Waals surface area contributed by atoms with Crippen molar-refractivity contribution in [3.8, 4) is 0 Å². The van der Waals surface area contributed by atoms with E-state index in [0.717, 1.165) is 36.2 Å². The Morgan fingerprint density at radius 1 is 1.43 bits per heavy atom. The van der Waals surface area contributed by atoms with E-state index in [1.165, 1.54) is 13.5 Å². The minimum atomic E-state index is -0.281. The van der Waals surface area contributed by atoms with Gasteiger partial charge in [-0.2, -0.15) is 0 Å². The van der Waals surface area contributed by atoms with Crippen LogP contribution in [-0.2, 0) is 4.74 Å². The van der Waals surface area contributed by atoms with E-state index in [1.54, 1.807) is 0 Å². The fourth-order valence-electron chi connectivity index (χ4n) is 2.96. The van der Waals surface area contributed by atoms with Crippen LogP contribution in [0.15, 0.2) is 22.7 Å². The van der Waals surface area contributed by atoms with Crippen LogP contribution in [0.2, 0.25) is 0 Å². The van der Waals surface area contributed by atoms with E-state index in [-0.39, 0.29) is 11.5 Å². The molecule has 1 aromatic rings. The number of rotatable bonds is 4. The molecule has 23 heavy (non-hydrogen) atoms. The number of nitrogens with one attached hydrogen (secondary N) is 1. The molecule has 0 amide bonds. The number of carbonyl (C=O) groups excluding carboxylic acids is 1. The average molecular weight is 383 g/mol. The predicted octanol–water partition coefficient (Wildman–Crippen LogP) is 3.84. The fourth-order valence-corrected chi connectivity index (χ4v) is 3.32. The highest BCUT2D eigenvalue weighted by Gasteiger charge is 2.25. The number of carbonyl (C=O) groups is 1. The molecule has 0 bridgehead atoms. The highest BCUT2D eigenvalue weighted by Crippen LogP contribution is 2.29. The van der Waals surface area contributed by atoms with Crippen LogP contribution in [0, 0.1) is 5.92 Å². The molecule has 1 aliphatic heterocycles. The van der Waals surface area contributed by atoms with Crippen molar-refractivity contribution in [1.82, 2.24) is 5.32 Å². The molecule has 5 heteroatoms. The second kappa shape index (κ2) is 7.67. The van der Waals surface area contributed by atoms with Crippen LogP contribution in [0.4, 0.5) is 5.69 Å². The summed E-state index contributed by atoms with van der Waals surface area (Å²) >= 11 is 3.44. The van der Waals surface area contributed by atoms with Crippen LogP contribution in [0.1, 0.15) is 44.0 Å². The summed E-state index contributed by atoms with van der Waals surface area (Å²) < 4.78 is 5.84. The molecule has 0 aromatic heterocycles. The van der Waals surface area contributed by atoms with Gasteiger partial charge in [-0.25, -0.2) is 4.79 Å². The molecule has 1 saturated heterocycles. The van der Waals surface area contributed by atoms with Crippen molar-refractivity contribution in [2.45, 2.75) is 39.2 Å². The van der Waals surface area contributed by atoms with E-state index < -0.39 is 0 Å². The van der Waals surface area contributed by atoms with Gasteiger partial charge in [-0.3, -0.25) is 0 Å². The van der Waals surface area contributed by atoms with Crippen LogP contribution >= 0.6 is 15.9 Å². The molecule has 0 saturated carbocycles. The molecule has 4 nitrogen and oxygen atoms in total. The van der Waals surface area contributed by atoms with Crippen molar-refractivity contribution < 1.29 is 9.53 Å². The Balaban J connectivity index is 2.13. The van der Waals surface area contributed by atoms with Gasteiger partial charge in [0.2, 0.25) is 0 Å². The third-order valence-electron chi connectivity index (χ3n) is 4.14. The summed E-state index contributed by atoms with van der Waals surface area (Å²) in [6, 6.07) is 5.84. The summed E-state index contributed by atoms with van der Waals surface area (Å²) in [7, 11) is 1.43. The zero-order chi connectivity index (χ0) is 17.0. The lowest BCUT2D eigenvalue weighted by atomic mass is 9.95. The Labute approximate surface area is 147 Å². The molecule has 1 fully saturated rings. The number of hydrogen-bond donors (Lipinski definition) is 1. The monoisotopic (exact) mass is 382 g/mol. The van der Waals surface area contributed by atoms with Crippen LogP contribution in [0.3, 0.4) is 0 Å². The number of benzene rings is 1. The molecule has 0 aliphatic carbocycles. The number of esters is 1. The zero-order valence-corrected chi connectivity index (χ0v) is 16.1. The summed E-state index contributed by atoms with van der Waals surface area (Å²) in [5, 5.41) is 3.60. The van der Waals surface area contributed by atoms with E-state index in [1.807, 2.05) is 18.2 Å². The molecule has 128 valence electrons. The van der Waals surface area contributed by atoms with Crippen molar-refractivity contribution in [1.29, 1.82) is 0 Å². The molecule has 1 atom stereocenters. The fraction of sp³-hybridized carbons (Fsp3) is 0.611. The molecular weight excluding hydrogens is 356 g/mol. The smallest absolute Gasteiger partial charge is 0.340 e. The van der Waals surface area contributed by atoms with Crippen molar-refractivity contribution in [3.05, 3.63) is 28.2 Å². The van der Waals surface area contributed by atoms with Crippen LogP contribution < -0.4 is 10.2 Å². The third kappa shape index (κ3) is 5.21. The van der Waals surface area contributed by atoms with Gasteiger partial charge in [0.15, 0.2) is 0 Å². The van der Waals surface area contributed by atoms with Gasteiger partial charge < -0.3 is 15.0 Å². The Morgan fingerprint density at radius 3 is 2.83 bits per heavy atom. The first-order valence-electron chi connectivity index (χ1n) is 8.18.